The third kappa shape index (κ3) is 5.26. The Hall–Kier alpha value is -2.00. The van der Waals surface area contributed by atoms with E-state index >= 15 is 0 Å². The Balaban J connectivity index is 2.02. The average molecular weight is 433 g/mol. The topological polar surface area (TPSA) is 84.9 Å². The lowest BCUT2D eigenvalue weighted by molar-refractivity contribution is -0.118. The number of carbonyl (C=O) groups excluding carboxylic acids is 1. The predicted molar refractivity (Wildman–Crippen MR) is 104 cm³/mol. The number of nitrogens with one attached hydrogen (secondary N) is 1. The minimum Gasteiger partial charge on any atom is -0.495 e. The molecule has 27 heavy (non-hydrogen) atoms. The van der Waals surface area contributed by atoms with Gasteiger partial charge in [-0.05, 0) is 36.4 Å². The second kappa shape index (κ2) is 8.79. The molecule has 0 aliphatic rings. The highest BCUT2D eigenvalue weighted by molar-refractivity contribution is 7.89. The maximum atomic E-state index is 12.1. The molecule has 0 heterocycles. The van der Waals surface area contributed by atoms with Crippen LogP contribution >= 0.6 is 23.2 Å². The van der Waals surface area contributed by atoms with Crippen molar-refractivity contribution in [3.05, 3.63) is 46.4 Å². The summed E-state index contributed by atoms with van der Waals surface area (Å²) < 4.78 is 35.6. The van der Waals surface area contributed by atoms with E-state index < -0.39 is 15.9 Å². The summed E-state index contributed by atoms with van der Waals surface area (Å²) in [7, 11) is 0.726. The lowest BCUT2D eigenvalue weighted by Crippen LogP contribution is -2.22. The monoisotopic (exact) mass is 432 g/mol. The number of methoxy groups -OCH3 is 1. The van der Waals surface area contributed by atoms with Crippen LogP contribution < -0.4 is 14.8 Å². The number of benzene rings is 2. The second-order valence-corrected chi connectivity index (χ2v) is 8.53. The van der Waals surface area contributed by atoms with E-state index in [0.717, 1.165) is 4.31 Å². The van der Waals surface area contributed by atoms with Crippen LogP contribution in [0.2, 0.25) is 10.0 Å². The van der Waals surface area contributed by atoms with Crippen molar-refractivity contribution in [1.82, 2.24) is 4.31 Å². The number of sulfonamides is 1. The fourth-order valence-corrected chi connectivity index (χ4v) is 3.54. The van der Waals surface area contributed by atoms with Gasteiger partial charge in [0.25, 0.3) is 5.91 Å². The zero-order chi connectivity index (χ0) is 20.2. The minimum absolute atomic E-state index is 0.0298. The summed E-state index contributed by atoms with van der Waals surface area (Å²) in [5.74, 6) is 0.250. The summed E-state index contributed by atoms with van der Waals surface area (Å²) in [4.78, 5) is 12.1. The van der Waals surface area contributed by atoms with Crippen LogP contribution in [0.3, 0.4) is 0 Å². The van der Waals surface area contributed by atoms with E-state index in [9.17, 15) is 13.2 Å². The average Bonchev–Trinajstić information content (AvgIpc) is 2.60. The molecular weight excluding hydrogens is 415 g/mol. The van der Waals surface area contributed by atoms with Crippen molar-refractivity contribution < 1.29 is 22.7 Å². The SMILES string of the molecule is COc1ccc(NC(=O)COc2ccc(S(=O)(=O)N(C)C)cc2Cl)cc1Cl. The molecule has 1 amide bonds. The van der Waals surface area contributed by atoms with Crippen molar-refractivity contribution in [2.45, 2.75) is 4.90 Å². The summed E-state index contributed by atoms with van der Waals surface area (Å²) in [6.07, 6.45) is 0. The molecule has 2 rings (SSSR count). The van der Waals surface area contributed by atoms with Gasteiger partial charge >= 0.3 is 0 Å². The van der Waals surface area contributed by atoms with Gasteiger partial charge in [0.1, 0.15) is 11.5 Å². The maximum Gasteiger partial charge on any atom is 0.262 e. The van der Waals surface area contributed by atoms with Gasteiger partial charge < -0.3 is 14.8 Å². The van der Waals surface area contributed by atoms with Gasteiger partial charge in [0, 0.05) is 19.8 Å². The standard InChI is InChI=1S/C17H18Cl2N2O5S/c1-21(2)27(23,24)12-5-7-16(14(19)9-12)26-10-17(22)20-11-4-6-15(25-3)13(18)8-11/h4-9H,10H2,1-3H3,(H,20,22). The zero-order valence-electron chi connectivity index (χ0n) is 14.8. The number of ether oxygens (including phenoxy) is 2. The highest BCUT2D eigenvalue weighted by atomic mass is 35.5. The molecule has 10 heteroatoms. The summed E-state index contributed by atoms with van der Waals surface area (Å²) in [6.45, 7) is -0.316. The van der Waals surface area contributed by atoms with Gasteiger partial charge in [-0.15, -0.1) is 0 Å². The van der Waals surface area contributed by atoms with Crippen LogP contribution in [-0.2, 0) is 14.8 Å². The van der Waals surface area contributed by atoms with Crippen LogP contribution in [0.1, 0.15) is 0 Å². The molecular formula is C17H18Cl2N2O5S. The van der Waals surface area contributed by atoms with E-state index in [1.165, 1.54) is 39.4 Å². The first kappa shape index (κ1) is 21.3. The van der Waals surface area contributed by atoms with Gasteiger partial charge in [-0.3, -0.25) is 4.79 Å². The molecule has 0 aliphatic carbocycles. The summed E-state index contributed by atoms with van der Waals surface area (Å²) in [5.41, 5.74) is 0.480. The van der Waals surface area contributed by atoms with Crippen molar-refractivity contribution in [2.75, 3.05) is 33.1 Å². The Morgan fingerprint density at radius 1 is 1.07 bits per heavy atom. The molecule has 0 unspecified atom stereocenters. The lowest BCUT2D eigenvalue weighted by Gasteiger charge is -2.13. The van der Waals surface area contributed by atoms with Crippen molar-refractivity contribution in [3.63, 3.8) is 0 Å². The van der Waals surface area contributed by atoms with E-state index in [0.29, 0.717) is 16.5 Å². The Morgan fingerprint density at radius 3 is 2.26 bits per heavy atom. The first-order valence-electron chi connectivity index (χ1n) is 7.63. The van der Waals surface area contributed by atoms with Crippen molar-refractivity contribution in [3.8, 4) is 11.5 Å². The summed E-state index contributed by atoms with van der Waals surface area (Å²) in [5, 5.41) is 3.06. The number of anilines is 1. The van der Waals surface area contributed by atoms with Crippen molar-refractivity contribution in [2.24, 2.45) is 0 Å². The number of carbonyl (C=O) groups is 1. The largest absolute Gasteiger partial charge is 0.495 e. The highest BCUT2D eigenvalue weighted by Crippen LogP contribution is 2.29. The molecule has 0 aliphatic heterocycles. The third-order valence-electron chi connectivity index (χ3n) is 3.48. The first-order chi connectivity index (χ1) is 12.6. The molecule has 1 N–H and O–H groups in total. The molecule has 2 aromatic rings. The highest BCUT2D eigenvalue weighted by Gasteiger charge is 2.19. The molecule has 0 saturated heterocycles. The van der Waals surface area contributed by atoms with Gasteiger partial charge in [-0.25, -0.2) is 12.7 Å². The Labute approximate surface area is 167 Å². The fourth-order valence-electron chi connectivity index (χ4n) is 2.05. The Morgan fingerprint density at radius 2 is 1.70 bits per heavy atom. The van der Waals surface area contributed by atoms with Crippen LogP contribution in [-0.4, -0.2) is 46.4 Å². The molecule has 0 fully saturated rings. The molecule has 2 aromatic carbocycles. The minimum atomic E-state index is -3.61. The number of halogens is 2. The van der Waals surface area contributed by atoms with Crippen LogP contribution in [0.15, 0.2) is 41.3 Å². The fraction of sp³-hybridized carbons (Fsp3) is 0.235. The summed E-state index contributed by atoms with van der Waals surface area (Å²) in [6, 6.07) is 8.84. The van der Waals surface area contributed by atoms with Crippen LogP contribution in [0.25, 0.3) is 0 Å². The number of hydrogen-bond acceptors (Lipinski definition) is 5. The molecule has 0 bridgehead atoms. The molecule has 7 nitrogen and oxygen atoms in total. The molecule has 0 aromatic heterocycles. The molecule has 146 valence electrons. The van der Waals surface area contributed by atoms with E-state index in [1.54, 1.807) is 18.2 Å². The van der Waals surface area contributed by atoms with E-state index in [-0.39, 0.29) is 22.3 Å². The molecule has 0 atom stereocenters. The van der Waals surface area contributed by atoms with Gasteiger partial charge in [0.2, 0.25) is 10.0 Å². The van der Waals surface area contributed by atoms with Crippen molar-refractivity contribution >= 4 is 44.8 Å². The maximum absolute atomic E-state index is 12.1. The molecule has 0 saturated carbocycles. The van der Waals surface area contributed by atoms with Crippen LogP contribution in [0.5, 0.6) is 11.5 Å². The van der Waals surface area contributed by atoms with Gasteiger partial charge in [-0.1, -0.05) is 23.2 Å². The molecule has 0 spiro atoms. The number of amides is 1. The predicted octanol–water partition coefficient (Wildman–Crippen LogP) is 3.27. The first-order valence-corrected chi connectivity index (χ1v) is 9.83. The van der Waals surface area contributed by atoms with Gasteiger partial charge in [0.05, 0.1) is 22.1 Å². The Bertz CT molecular complexity index is 948. The van der Waals surface area contributed by atoms with Crippen LogP contribution in [0, 0.1) is 0 Å². The smallest absolute Gasteiger partial charge is 0.262 e. The number of nitrogens with zero attached hydrogens (tertiary/aromatic N) is 1. The van der Waals surface area contributed by atoms with Crippen LogP contribution in [0.4, 0.5) is 5.69 Å². The Kier molecular flexibility index (Phi) is 6.94. The lowest BCUT2D eigenvalue weighted by atomic mass is 10.3. The molecule has 0 radical (unpaired) electrons. The summed E-state index contributed by atoms with van der Waals surface area (Å²) >= 11 is 12.1. The van der Waals surface area contributed by atoms with E-state index in [2.05, 4.69) is 5.32 Å². The van der Waals surface area contributed by atoms with E-state index in [1.807, 2.05) is 0 Å². The quantitative estimate of drug-likeness (QED) is 0.725. The van der Waals surface area contributed by atoms with Gasteiger partial charge in [-0.2, -0.15) is 0 Å². The van der Waals surface area contributed by atoms with Crippen molar-refractivity contribution in [1.29, 1.82) is 0 Å². The van der Waals surface area contributed by atoms with Gasteiger partial charge in [0.15, 0.2) is 6.61 Å². The second-order valence-electron chi connectivity index (χ2n) is 5.57. The number of hydrogen-bond donors (Lipinski definition) is 1. The third-order valence-corrected chi connectivity index (χ3v) is 5.88. The van der Waals surface area contributed by atoms with E-state index in [4.69, 9.17) is 32.7 Å². The zero-order valence-corrected chi connectivity index (χ0v) is 17.2. The number of rotatable bonds is 7. The normalized spacial score (nSPS) is 11.3.